The Morgan fingerprint density at radius 1 is 0.846 bits per heavy atom. The van der Waals surface area contributed by atoms with Gasteiger partial charge in [0.25, 0.3) is 0 Å². The maximum atomic E-state index is 12.3. The van der Waals surface area contributed by atoms with Gasteiger partial charge in [-0.1, -0.05) is 60.7 Å². The summed E-state index contributed by atoms with van der Waals surface area (Å²) in [4.78, 5) is 37.1. The molecular formula is C20H21NO5. The van der Waals surface area contributed by atoms with Crippen LogP contribution in [0, 0.1) is 0 Å². The van der Waals surface area contributed by atoms with E-state index in [0.717, 1.165) is 16.0 Å². The quantitative estimate of drug-likeness (QED) is 0.744. The van der Waals surface area contributed by atoms with Gasteiger partial charge in [0.1, 0.15) is 19.3 Å². The van der Waals surface area contributed by atoms with E-state index in [1.807, 2.05) is 48.5 Å². The molecule has 26 heavy (non-hydrogen) atoms. The topological polar surface area (TPSA) is 72.9 Å². The summed E-state index contributed by atoms with van der Waals surface area (Å²) in [7, 11) is 0. The van der Waals surface area contributed by atoms with Gasteiger partial charge in [-0.2, -0.15) is 0 Å². The number of rotatable bonds is 6. The molecule has 2 aromatic carbocycles. The fraction of sp³-hybridized carbons (Fsp3) is 0.250. The molecule has 0 saturated carbocycles. The highest BCUT2D eigenvalue weighted by Gasteiger charge is 2.31. The van der Waals surface area contributed by atoms with E-state index in [1.165, 1.54) is 13.8 Å². The number of esters is 1. The number of imide groups is 1. The summed E-state index contributed by atoms with van der Waals surface area (Å²) in [6.45, 7) is 2.70. The molecule has 0 bridgehead atoms. The lowest BCUT2D eigenvalue weighted by Crippen LogP contribution is -2.46. The number of carbonyl (C=O) groups excluding carboxylic acids is 3. The van der Waals surface area contributed by atoms with Crippen molar-refractivity contribution in [1.82, 2.24) is 4.90 Å². The molecule has 0 heterocycles. The van der Waals surface area contributed by atoms with Crippen molar-refractivity contribution in [2.75, 3.05) is 0 Å². The Hall–Kier alpha value is -3.15. The fourth-order valence-electron chi connectivity index (χ4n) is 2.30. The van der Waals surface area contributed by atoms with Crippen LogP contribution in [0.1, 0.15) is 25.0 Å². The van der Waals surface area contributed by atoms with Gasteiger partial charge in [0.15, 0.2) is 0 Å². The van der Waals surface area contributed by atoms with Crippen LogP contribution in [0.3, 0.4) is 0 Å². The van der Waals surface area contributed by atoms with Crippen molar-refractivity contribution in [3.8, 4) is 0 Å². The molecule has 0 aliphatic carbocycles. The number of carbonyl (C=O) groups is 3. The second-order valence-electron chi connectivity index (χ2n) is 5.70. The molecule has 0 aromatic heterocycles. The summed E-state index contributed by atoms with van der Waals surface area (Å²) in [6, 6.07) is 17.1. The molecule has 2 amide bonds. The van der Waals surface area contributed by atoms with Gasteiger partial charge >= 0.3 is 12.1 Å². The van der Waals surface area contributed by atoms with Crippen molar-refractivity contribution in [3.05, 3.63) is 71.8 Å². The zero-order valence-electron chi connectivity index (χ0n) is 14.8. The molecule has 0 saturated heterocycles. The van der Waals surface area contributed by atoms with Crippen LogP contribution in [0.25, 0.3) is 0 Å². The second-order valence-corrected chi connectivity index (χ2v) is 5.70. The number of nitrogens with zero attached hydrogens (tertiary/aromatic N) is 1. The summed E-state index contributed by atoms with van der Waals surface area (Å²) < 4.78 is 10.3. The molecule has 2 rings (SSSR count). The molecule has 6 heteroatoms. The van der Waals surface area contributed by atoms with E-state index in [1.54, 1.807) is 12.1 Å². The van der Waals surface area contributed by atoms with E-state index < -0.39 is 24.0 Å². The molecular weight excluding hydrogens is 334 g/mol. The van der Waals surface area contributed by atoms with E-state index in [-0.39, 0.29) is 13.2 Å². The third-order valence-electron chi connectivity index (χ3n) is 3.69. The molecule has 0 fully saturated rings. The van der Waals surface area contributed by atoms with Crippen LogP contribution in [0.4, 0.5) is 4.79 Å². The molecule has 2 aromatic rings. The minimum atomic E-state index is -1.08. The Labute approximate surface area is 152 Å². The molecule has 0 N–H and O–H groups in total. The maximum Gasteiger partial charge on any atom is 0.417 e. The van der Waals surface area contributed by atoms with Crippen molar-refractivity contribution < 1.29 is 23.9 Å². The Balaban J connectivity index is 1.94. The standard InChI is InChI=1S/C20H21NO5/c1-15(19(23)25-13-17-9-5-3-6-10-17)21(16(2)22)20(24)26-14-18-11-7-4-8-12-18/h3-12,15H,13-14H2,1-2H3. The van der Waals surface area contributed by atoms with Crippen LogP contribution in [0.2, 0.25) is 0 Å². The van der Waals surface area contributed by atoms with Crippen LogP contribution in [0.5, 0.6) is 0 Å². The number of benzene rings is 2. The first kappa shape index (κ1) is 19.2. The summed E-state index contributed by atoms with van der Waals surface area (Å²) in [5, 5.41) is 0. The predicted octanol–water partition coefficient (Wildman–Crippen LogP) is 3.30. The van der Waals surface area contributed by atoms with Gasteiger partial charge in [0.05, 0.1) is 0 Å². The molecule has 0 aliphatic heterocycles. The molecule has 0 spiro atoms. The van der Waals surface area contributed by atoms with E-state index in [0.29, 0.717) is 0 Å². The van der Waals surface area contributed by atoms with Gasteiger partial charge in [-0.3, -0.25) is 4.79 Å². The number of hydrogen-bond acceptors (Lipinski definition) is 5. The number of ether oxygens (including phenoxy) is 2. The van der Waals surface area contributed by atoms with Crippen LogP contribution >= 0.6 is 0 Å². The highest BCUT2D eigenvalue weighted by molar-refractivity contribution is 5.95. The van der Waals surface area contributed by atoms with E-state index in [9.17, 15) is 14.4 Å². The Morgan fingerprint density at radius 2 is 1.31 bits per heavy atom. The van der Waals surface area contributed by atoms with Crippen LogP contribution in [-0.4, -0.2) is 28.9 Å². The minimum absolute atomic E-state index is 0.00916. The van der Waals surface area contributed by atoms with Crippen molar-refractivity contribution in [3.63, 3.8) is 0 Å². The van der Waals surface area contributed by atoms with Crippen LogP contribution < -0.4 is 0 Å². The lowest BCUT2D eigenvalue weighted by atomic mass is 10.2. The molecule has 1 unspecified atom stereocenters. The van der Waals surface area contributed by atoms with Gasteiger partial charge in [-0.25, -0.2) is 14.5 Å². The average molecular weight is 355 g/mol. The Kier molecular flexibility index (Phi) is 6.91. The summed E-state index contributed by atoms with van der Waals surface area (Å²) in [5.74, 6) is -1.27. The first-order valence-electron chi connectivity index (χ1n) is 8.20. The van der Waals surface area contributed by atoms with Crippen LogP contribution in [0.15, 0.2) is 60.7 Å². The lowest BCUT2D eigenvalue weighted by Gasteiger charge is -2.24. The first-order valence-corrected chi connectivity index (χ1v) is 8.20. The normalized spacial score (nSPS) is 11.3. The largest absolute Gasteiger partial charge is 0.459 e. The fourth-order valence-corrected chi connectivity index (χ4v) is 2.30. The zero-order chi connectivity index (χ0) is 18.9. The van der Waals surface area contributed by atoms with Gasteiger partial charge < -0.3 is 9.47 Å². The summed E-state index contributed by atoms with van der Waals surface area (Å²) in [6.07, 6.45) is -0.884. The number of amides is 2. The monoisotopic (exact) mass is 355 g/mol. The summed E-state index contributed by atoms with van der Waals surface area (Å²) in [5.41, 5.74) is 1.60. The van der Waals surface area contributed by atoms with Gasteiger partial charge in [0, 0.05) is 6.92 Å². The summed E-state index contributed by atoms with van der Waals surface area (Å²) >= 11 is 0. The highest BCUT2D eigenvalue weighted by Crippen LogP contribution is 2.10. The van der Waals surface area contributed by atoms with Crippen molar-refractivity contribution in [2.24, 2.45) is 0 Å². The highest BCUT2D eigenvalue weighted by atomic mass is 16.6. The molecule has 6 nitrogen and oxygen atoms in total. The SMILES string of the molecule is CC(=O)N(C(=O)OCc1ccccc1)C(C)C(=O)OCc1ccccc1. The first-order chi connectivity index (χ1) is 12.5. The number of hydrogen-bond donors (Lipinski definition) is 0. The molecule has 0 aliphatic rings. The molecule has 136 valence electrons. The van der Waals surface area contributed by atoms with E-state index in [2.05, 4.69) is 0 Å². The van der Waals surface area contributed by atoms with Gasteiger partial charge in [-0.05, 0) is 18.1 Å². The smallest absolute Gasteiger partial charge is 0.417 e. The second kappa shape index (κ2) is 9.36. The van der Waals surface area contributed by atoms with Crippen molar-refractivity contribution in [2.45, 2.75) is 33.1 Å². The maximum absolute atomic E-state index is 12.3. The third-order valence-corrected chi connectivity index (χ3v) is 3.69. The van der Waals surface area contributed by atoms with Gasteiger partial charge in [-0.15, -0.1) is 0 Å². The third kappa shape index (κ3) is 5.44. The van der Waals surface area contributed by atoms with E-state index in [4.69, 9.17) is 9.47 Å². The van der Waals surface area contributed by atoms with E-state index >= 15 is 0 Å². The Morgan fingerprint density at radius 3 is 1.77 bits per heavy atom. The average Bonchev–Trinajstić information content (AvgIpc) is 2.66. The Bertz CT molecular complexity index is 745. The molecule has 1 atom stereocenters. The van der Waals surface area contributed by atoms with Crippen molar-refractivity contribution >= 4 is 18.0 Å². The van der Waals surface area contributed by atoms with Crippen molar-refractivity contribution in [1.29, 1.82) is 0 Å². The zero-order valence-corrected chi connectivity index (χ0v) is 14.8. The molecule has 0 radical (unpaired) electrons. The lowest BCUT2D eigenvalue weighted by molar-refractivity contribution is -0.153. The van der Waals surface area contributed by atoms with Crippen LogP contribution in [-0.2, 0) is 32.3 Å². The van der Waals surface area contributed by atoms with Gasteiger partial charge in [0.2, 0.25) is 5.91 Å². The predicted molar refractivity (Wildman–Crippen MR) is 94.8 cm³/mol. The minimum Gasteiger partial charge on any atom is -0.459 e.